The van der Waals surface area contributed by atoms with Crippen molar-refractivity contribution in [3.63, 3.8) is 0 Å². The molecule has 0 spiro atoms. The van der Waals surface area contributed by atoms with E-state index in [-0.39, 0.29) is 17.4 Å². The van der Waals surface area contributed by atoms with E-state index in [0.29, 0.717) is 22.7 Å². The van der Waals surface area contributed by atoms with Crippen LogP contribution in [0.2, 0.25) is 0 Å². The van der Waals surface area contributed by atoms with Crippen LogP contribution in [0.25, 0.3) is 5.76 Å². The van der Waals surface area contributed by atoms with Gasteiger partial charge in [0.2, 0.25) is 0 Å². The Labute approximate surface area is 186 Å². The second-order valence-electron chi connectivity index (χ2n) is 7.90. The predicted octanol–water partition coefficient (Wildman–Crippen LogP) is 4.80. The number of anilines is 1. The first-order valence-electron chi connectivity index (χ1n) is 10.4. The maximum Gasteiger partial charge on any atom is 0.300 e. The number of pyridine rings is 1. The van der Waals surface area contributed by atoms with Gasteiger partial charge in [0.05, 0.1) is 17.4 Å². The summed E-state index contributed by atoms with van der Waals surface area (Å²) >= 11 is 0. The quantitative estimate of drug-likeness (QED) is 0.359. The fourth-order valence-corrected chi connectivity index (χ4v) is 3.85. The van der Waals surface area contributed by atoms with Gasteiger partial charge in [0.1, 0.15) is 17.6 Å². The number of hydrogen-bond acceptors (Lipinski definition) is 5. The van der Waals surface area contributed by atoms with E-state index in [4.69, 9.17) is 4.74 Å². The third kappa shape index (κ3) is 3.87. The minimum absolute atomic E-state index is 0.00878. The van der Waals surface area contributed by atoms with Gasteiger partial charge in [-0.2, -0.15) is 0 Å². The van der Waals surface area contributed by atoms with Crippen LogP contribution in [0.3, 0.4) is 0 Å². The Morgan fingerprint density at radius 2 is 1.69 bits per heavy atom. The first-order chi connectivity index (χ1) is 15.4. The minimum atomic E-state index is -0.844. The smallest absolute Gasteiger partial charge is 0.300 e. The lowest BCUT2D eigenvalue weighted by Gasteiger charge is -2.26. The fraction of sp³-hybridized carbons (Fsp3) is 0.192. The summed E-state index contributed by atoms with van der Waals surface area (Å²) in [5, 5.41) is 11.2. The molecule has 3 aromatic rings. The van der Waals surface area contributed by atoms with Crippen molar-refractivity contribution >= 4 is 23.1 Å². The normalized spacial score (nSPS) is 17.8. The van der Waals surface area contributed by atoms with Crippen LogP contribution in [-0.2, 0) is 9.59 Å². The van der Waals surface area contributed by atoms with Gasteiger partial charge in [-0.05, 0) is 68.8 Å². The van der Waals surface area contributed by atoms with Crippen LogP contribution >= 0.6 is 0 Å². The van der Waals surface area contributed by atoms with Gasteiger partial charge in [-0.25, -0.2) is 0 Å². The molecule has 1 saturated heterocycles. The Morgan fingerprint density at radius 3 is 2.31 bits per heavy atom. The van der Waals surface area contributed by atoms with Crippen LogP contribution in [-0.4, -0.2) is 27.9 Å². The summed E-state index contributed by atoms with van der Waals surface area (Å²) in [7, 11) is 0. The van der Waals surface area contributed by atoms with E-state index in [1.807, 2.05) is 39.0 Å². The topological polar surface area (TPSA) is 79.7 Å². The molecule has 32 heavy (non-hydrogen) atoms. The zero-order chi connectivity index (χ0) is 22.8. The zero-order valence-corrected chi connectivity index (χ0v) is 18.1. The number of para-hydroxylation sites is 1. The number of nitrogens with zero attached hydrogens (tertiary/aromatic N) is 2. The lowest BCUT2D eigenvalue weighted by Crippen LogP contribution is -2.30. The number of hydrogen-bond donors (Lipinski definition) is 1. The summed E-state index contributed by atoms with van der Waals surface area (Å²) in [6, 6.07) is 18.6. The molecular formula is C26H24N2O4. The Hall–Kier alpha value is -3.93. The molecule has 1 aromatic heterocycles. The number of carbonyl (C=O) groups excluding carboxylic acids is 2. The van der Waals surface area contributed by atoms with E-state index >= 15 is 0 Å². The number of benzene rings is 2. The van der Waals surface area contributed by atoms with Crippen LogP contribution in [0, 0.1) is 6.92 Å². The van der Waals surface area contributed by atoms with E-state index in [9.17, 15) is 14.7 Å². The third-order valence-corrected chi connectivity index (χ3v) is 5.29. The summed E-state index contributed by atoms with van der Waals surface area (Å²) in [5.41, 5.74) is 2.37. The van der Waals surface area contributed by atoms with Gasteiger partial charge in [-0.15, -0.1) is 0 Å². The summed E-state index contributed by atoms with van der Waals surface area (Å²) < 4.78 is 5.65. The molecule has 4 rings (SSSR count). The lowest BCUT2D eigenvalue weighted by molar-refractivity contribution is -0.132. The number of amides is 1. The average Bonchev–Trinajstić information content (AvgIpc) is 3.05. The number of aromatic nitrogens is 1. The summed E-state index contributed by atoms with van der Waals surface area (Å²) in [6.45, 7) is 5.72. The molecule has 1 amide bonds. The Bertz CT molecular complexity index is 1180. The molecule has 1 fully saturated rings. The van der Waals surface area contributed by atoms with Gasteiger partial charge in [0.15, 0.2) is 0 Å². The van der Waals surface area contributed by atoms with Crippen LogP contribution in [0.1, 0.15) is 36.7 Å². The molecular weight excluding hydrogens is 404 g/mol. The van der Waals surface area contributed by atoms with Gasteiger partial charge in [0.25, 0.3) is 11.7 Å². The number of carbonyl (C=O) groups is 2. The molecule has 1 aliphatic heterocycles. The summed E-state index contributed by atoms with van der Waals surface area (Å²) in [4.78, 5) is 32.1. The van der Waals surface area contributed by atoms with E-state index < -0.39 is 17.7 Å². The second-order valence-corrected chi connectivity index (χ2v) is 7.90. The molecule has 1 N–H and O–H groups in total. The maximum atomic E-state index is 13.1. The Balaban J connectivity index is 1.87. The molecule has 0 radical (unpaired) electrons. The standard InChI is InChI=1S/C26H24N2O4/c1-16(2)32-19-13-11-18(12-14-19)24(29)22-23(20-9-6-7-15-27-20)28(26(31)25(22)30)21-10-5-4-8-17(21)3/h4-16,23,29H,1-3H3/b24-22-. The molecule has 0 aliphatic carbocycles. The van der Waals surface area contributed by atoms with Gasteiger partial charge >= 0.3 is 0 Å². The van der Waals surface area contributed by atoms with Crippen LogP contribution in [0.15, 0.2) is 78.5 Å². The highest BCUT2D eigenvalue weighted by atomic mass is 16.5. The van der Waals surface area contributed by atoms with Crippen molar-refractivity contribution in [2.45, 2.75) is 32.9 Å². The van der Waals surface area contributed by atoms with E-state index in [2.05, 4.69) is 4.98 Å². The van der Waals surface area contributed by atoms with E-state index in [1.165, 1.54) is 4.90 Å². The first-order valence-corrected chi connectivity index (χ1v) is 10.4. The molecule has 2 heterocycles. The minimum Gasteiger partial charge on any atom is -0.507 e. The molecule has 0 saturated carbocycles. The third-order valence-electron chi connectivity index (χ3n) is 5.29. The highest BCUT2D eigenvalue weighted by molar-refractivity contribution is 6.51. The molecule has 2 aromatic carbocycles. The van der Waals surface area contributed by atoms with Crippen molar-refractivity contribution in [1.29, 1.82) is 0 Å². The van der Waals surface area contributed by atoms with Crippen molar-refractivity contribution in [2.24, 2.45) is 0 Å². The van der Waals surface area contributed by atoms with E-state index in [1.54, 1.807) is 54.7 Å². The Kier molecular flexibility index (Phi) is 5.77. The molecule has 6 heteroatoms. The van der Waals surface area contributed by atoms with Crippen molar-refractivity contribution in [2.75, 3.05) is 4.90 Å². The summed E-state index contributed by atoms with van der Waals surface area (Å²) in [6.07, 6.45) is 1.61. The average molecular weight is 428 g/mol. The molecule has 1 atom stereocenters. The molecule has 1 unspecified atom stereocenters. The molecule has 6 nitrogen and oxygen atoms in total. The van der Waals surface area contributed by atoms with Crippen LogP contribution in [0.5, 0.6) is 5.75 Å². The van der Waals surface area contributed by atoms with Crippen LogP contribution < -0.4 is 9.64 Å². The second kappa shape index (κ2) is 8.67. The molecule has 0 bridgehead atoms. The summed E-state index contributed by atoms with van der Waals surface area (Å²) in [5.74, 6) is -1.04. The number of aliphatic hydroxyl groups excluding tert-OH is 1. The Morgan fingerprint density at radius 1 is 1.00 bits per heavy atom. The zero-order valence-electron chi connectivity index (χ0n) is 18.1. The SMILES string of the molecule is Cc1ccccc1N1C(=O)C(=O)/C(=C(\O)c2ccc(OC(C)C)cc2)C1c1ccccn1. The van der Waals surface area contributed by atoms with Crippen molar-refractivity contribution in [3.8, 4) is 5.75 Å². The first kappa shape index (κ1) is 21.3. The molecule has 162 valence electrons. The van der Waals surface area contributed by atoms with Crippen molar-refractivity contribution in [3.05, 3.63) is 95.3 Å². The van der Waals surface area contributed by atoms with E-state index in [0.717, 1.165) is 5.56 Å². The number of ketones is 1. The highest BCUT2D eigenvalue weighted by Crippen LogP contribution is 2.42. The number of rotatable bonds is 5. The van der Waals surface area contributed by atoms with Crippen molar-refractivity contribution < 1.29 is 19.4 Å². The number of aryl methyl sites for hydroxylation is 1. The predicted molar refractivity (Wildman–Crippen MR) is 122 cm³/mol. The highest BCUT2D eigenvalue weighted by Gasteiger charge is 2.47. The number of ether oxygens (including phenoxy) is 1. The number of aliphatic hydroxyl groups is 1. The van der Waals surface area contributed by atoms with Crippen LogP contribution in [0.4, 0.5) is 5.69 Å². The van der Waals surface area contributed by atoms with Crippen molar-refractivity contribution in [1.82, 2.24) is 4.98 Å². The molecule has 1 aliphatic rings. The largest absolute Gasteiger partial charge is 0.507 e. The monoisotopic (exact) mass is 428 g/mol. The number of Topliss-reactive ketones (excluding diaryl/α,β-unsaturated/α-hetero) is 1. The maximum absolute atomic E-state index is 13.1. The fourth-order valence-electron chi connectivity index (χ4n) is 3.85. The lowest BCUT2D eigenvalue weighted by atomic mass is 9.98. The van der Waals surface area contributed by atoms with Gasteiger partial charge in [-0.3, -0.25) is 19.5 Å². The van der Waals surface area contributed by atoms with Gasteiger partial charge < -0.3 is 9.84 Å². The van der Waals surface area contributed by atoms with Gasteiger partial charge in [-0.1, -0.05) is 24.3 Å². The van der Waals surface area contributed by atoms with Gasteiger partial charge in [0, 0.05) is 17.4 Å².